The maximum atomic E-state index is 13.8. The fraction of sp³-hybridized carbons (Fsp3) is 0.500. The number of ether oxygens (including phenoxy) is 1. The molecule has 0 amide bonds. The van der Waals surface area contributed by atoms with Gasteiger partial charge >= 0.3 is 0 Å². The zero-order valence-corrected chi connectivity index (χ0v) is 15.7. The molecule has 1 aliphatic rings. The van der Waals surface area contributed by atoms with Crippen LogP contribution in [0.25, 0.3) is 0 Å². The summed E-state index contributed by atoms with van der Waals surface area (Å²) in [4.78, 5) is 4.12. The summed E-state index contributed by atoms with van der Waals surface area (Å²) in [5.41, 5.74) is 0.637. The Bertz CT molecular complexity index is 594. The minimum absolute atomic E-state index is 0. The largest absolute Gasteiger partial charge is 0.373 e. The first-order valence-electron chi connectivity index (χ1n) is 7.33. The Labute approximate surface area is 153 Å². The highest BCUT2D eigenvalue weighted by Crippen LogP contribution is 2.23. The number of rotatable bonds is 4. The highest BCUT2D eigenvalue weighted by atomic mass is 127. The smallest absolute Gasteiger partial charge is 0.191 e. The molecule has 0 aliphatic carbocycles. The first-order valence-corrected chi connectivity index (χ1v) is 7.33. The average molecular weight is 432 g/mol. The predicted molar refractivity (Wildman–Crippen MR) is 98.3 cm³/mol. The van der Waals surface area contributed by atoms with Crippen LogP contribution in [0.3, 0.4) is 0 Å². The molecular formula is C16H22FIN4O. The van der Waals surface area contributed by atoms with E-state index < -0.39 is 5.82 Å². The van der Waals surface area contributed by atoms with E-state index in [-0.39, 0.29) is 29.6 Å². The van der Waals surface area contributed by atoms with Gasteiger partial charge in [-0.25, -0.2) is 4.39 Å². The molecule has 1 saturated heterocycles. The van der Waals surface area contributed by atoms with Gasteiger partial charge in [-0.2, -0.15) is 5.26 Å². The van der Waals surface area contributed by atoms with E-state index >= 15 is 0 Å². The van der Waals surface area contributed by atoms with Gasteiger partial charge in [0.25, 0.3) is 0 Å². The standard InChI is InChI=1S/C16H21FN4O.HI/c1-16(6-3-7-22-16)11-21-15(19-2)20-10-13-5-4-12(9-18)8-14(13)17;/h4-5,8H,3,6-7,10-11H2,1-2H3,(H2,19,20,21);1H. The average Bonchev–Trinajstić information content (AvgIpc) is 2.95. The number of aliphatic imine (C=N–C) groups is 1. The number of halogens is 2. The van der Waals surface area contributed by atoms with E-state index in [0.29, 0.717) is 30.2 Å². The lowest BCUT2D eigenvalue weighted by Gasteiger charge is -2.24. The Hall–Kier alpha value is -1.40. The molecule has 0 aromatic heterocycles. The van der Waals surface area contributed by atoms with Crippen LogP contribution in [0.15, 0.2) is 23.2 Å². The second kappa shape index (κ2) is 9.03. The highest BCUT2D eigenvalue weighted by molar-refractivity contribution is 14.0. The Balaban J connectivity index is 0.00000264. The molecule has 23 heavy (non-hydrogen) atoms. The third-order valence-electron chi connectivity index (χ3n) is 3.78. The molecule has 2 rings (SSSR count). The third-order valence-corrected chi connectivity index (χ3v) is 3.78. The van der Waals surface area contributed by atoms with Crippen molar-refractivity contribution in [3.05, 3.63) is 35.1 Å². The second-order valence-electron chi connectivity index (χ2n) is 5.60. The summed E-state index contributed by atoms with van der Waals surface area (Å²) < 4.78 is 19.5. The summed E-state index contributed by atoms with van der Waals surface area (Å²) in [5.74, 6) is 0.202. The lowest BCUT2D eigenvalue weighted by atomic mass is 10.0. The van der Waals surface area contributed by atoms with Crippen LogP contribution in [0.4, 0.5) is 4.39 Å². The van der Waals surface area contributed by atoms with Gasteiger partial charge in [0.1, 0.15) is 5.82 Å². The number of hydrogen-bond donors (Lipinski definition) is 2. The minimum Gasteiger partial charge on any atom is -0.373 e. The maximum Gasteiger partial charge on any atom is 0.191 e. The van der Waals surface area contributed by atoms with Crippen molar-refractivity contribution in [3.63, 3.8) is 0 Å². The summed E-state index contributed by atoms with van der Waals surface area (Å²) in [6, 6.07) is 6.36. The molecule has 1 heterocycles. The van der Waals surface area contributed by atoms with E-state index in [2.05, 4.69) is 22.5 Å². The van der Waals surface area contributed by atoms with Crippen molar-refractivity contribution in [2.24, 2.45) is 4.99 Å². The van der Waals surface area contributed by atoms with E-state index in [0.717, 1.165) is 19.4 Å². The molecule has 0 bridgehead atoms. The molecule has 0 saturated carbocycles. The van der Waals surface area contributed by atoms with Crippen molar-refractivity contribution >= 4 is 29.9 Å². The second-order valence-corrected chi connectivity index (χ2v) is 5.60. The van der Waals surface area contributed by atoms with Gasteiger partial charge in [-0.3, -0.25) is 4.99 Å². The molecule has 1 aromatic rings. The third kappa shape index (κ3) is 5.62. The van der Waals surface area contributed by atoms with Gasteiger partial charge in [-0.1, -0.05) is 6.07 Å². The summed E-state index contributed by atoms with van der Waals surface area (Å²) in [6.07, 6.45) is 2.09. The molecule has 2 N–H and O–H groups in total. The molecule has 1 atom stereocenters. The number of nitrogens with one attached hydrogen (secondary N) is 2. The van der Waals surface area contributed by atoms with Gasteiger partial charge in [0.2, 0.25) is 0 Å². The van der Waals surface area contributed by atoms with Crippen molar-refractivity contribution in [1.29, 1.82) is 5.26 Å². The maximum absolute atomic E-state index is 13.8. The van der Waals surface area contributed by atoms with Crippen molar-refractivity contribution in [2.45, 2.75) is 31.9 Å². The lowest BCUT2D eigenvalue weighted by Crippen LogP contribution is -2.45. The summed E-state index contributed by atoms with van der Waals surface area (Å²) in [5, 5.41) is 15.0. The Kier molecular flexibility index (Phi) is 7.72. The minimum atomic E-state index is -0.395. The van der Waals surface area contributed by atoms with Crippen LogP contribution in [0.1, 0.15) is 30.9 Å². The van der Waals surface area contributed by atoms with E-state index in [1.165, 1.54) is 6.07 Å². The van der Waals surface area contributed by atoms with Gasteiger partial charge in [-0.15, -0.1) is 24.0 Å². The van der Waals surface area contributed by atoms with Crippen molar-refractivity contribution in [1.82, 2.24) is 10.6 Å². The van der Waals surface area contributed by atoms with Crippen molar-refractivity contribution in [2.75, 3.05) is 20.2 Å². The first-order chi connectivity index (χ1) is 10.6. The van der Waals surface area contributed by atoms with Gasteiger partial charge < -0.3 is 15.4 Å². The first kappa shape index (κ1) is 19.6. The number of benzene rings is 1. The van der Waals surface area contributed by atoms with E-state index in [4.69, 9.17) is 10.00 Å². The molecule has 1 unspecified atom stereocenters. The van der Waals surface area contributed by atoms with Crippen LogP contribution in [-0.4, -0.2) is 31.8 Å². The van der Waals surface area contributed by atoms with Crippen molar-refractivity contribution < 1.29 is 9.13 Å². The van der Waals surface area contributed by atoms with Gasteiger partial charge in [0, 0.05) is 32.3 Å². The van der Waals surface area contributed by atoms with Crippen LogP contribution in [0.2, 0.25) is 0 Å². The lowest BCUT2D eigenvalue weighted by molar-refractivity contribution is 0.0243. The number of guanidine groups is 1. The fourth-order valence-electron chi connectivity index (χ4n) is 2.41. The molecule has 5 nitrogen and oxygen atoms in total. The molecule has 1 aromatic carbocycles. The SMILES string of the molecule is CN=C(NCc1ccc(C#N)cc1F)NCC1(C)CCCO1.I. The summed E-state index contributed by atoms with van der Waals surface area (Å²) in [7, 11) is 1.67. The molecule has 0 spiro atoms. The number of hydrogen-bond acceptors (Lipinski definition) is 3. The highest BCUT2D eigenvalue weighted by Gasteiger charge is 2.29. The Morgan fingerprint density at radius 3 is 2.83 bits per heavy atom. The van der Waals surface area contributed by atoms with E-state index in [1.807, 2.05) is 6.07 Å². The van der Waals surface area contributed by atoms with Gasteiger partial charge in [0.05, 0.1) is 17.2 Å². The monoisotopic (exact) mass is 432 g/mol. The topological polar surface area (TPSA) is 69.4 Å². The molecule has 0 radical (unpaired) electrons. The van der Waals surface area contributed by atoms with Crippen LogP contribution in [-0.2, 0) is 11.3 Å². The quantitative estimate of drug-likeness (QED) is 0.436. The Morgan fingerprint density at radius 2 is 2.26 bits per heavy atom. The fourth-order valence-corrected chi connectivity index (χ4v) is 2.41. The summed E-state index contributed by atoms with van der Waals surface area (Å²) in [6.45, 7) is 3.82. The molecule has 7 heteroatoms. The molecule has 126 valence electrons. The van der Waals surface area contributed by atoms with Crippen LogP contribution >= 0.6 is 24.0 Å². The zero-order chi connectivity index (χ0) is 16.0. The molecular weight excluding hydrogens is 410 g/mol. The van der Waals surface area contributed by atoms with E-state index in [9.17, 15) is 4.39 Å². The number of nitriles is 1. The molecule has 1 fully saturated rings. The predicted octanol–water partition coefficient (Wildman–Crippen LogP) is 2.55. The van der Waals surface area contributed by atoms with Crippen LogP contribution in [0, 0.1) is 17.1 Å². The van der Waals surface area contributed by atoms with E-state index in [1.54, 1.807) is 19.2 Å². The normalized spacial score (nSPS) is 20.5. The van der Waals surface area contributed by atoms with Crippen LogP contribution in [0.5, 0.6) is 0 Å². The van der Waals surface area contributed by atoms with Gasteiger partial charge in [-0.05, 0) is 31.9 Å². The van der Waals surface area contributed by atoms with Crippen LogP contribution < -0.4 is 10.6 Å². The van der Waals surface area contributed by atoms with Gasteiger partial charge in [0.15, 0.2) is 5.96 Å². The summed E-state index contributed by atoms with van der Waals surface area (Å²) >= 11 is 0. The van der Waals surface area contributed by atoms with Crippen molar-refractivity contribution in [3.8, 4) is 6.07 Å². The Morgan fingerprint density at radius 1 is 1.48 bits per heavy atom. The number of nitrogens with zero attached hydrogens (tertiary/aromatic N) is 2. The molecule has 1 aliphatic heterocycles. The zero-order valence-electron chi connectivity index (χ0n) is 13.4.